The molecule has 2 N–H and O–H groups in total. The maximum absolute atomic E-state index is 5.16. The van der Waals surface area contributed by atoms with E-state index >= 15 is 0 Å². The van der Waals surface area contributed by atoms with E-state index in [2.05, 4.69) is 30.4 Å². The van der Waals surface area contributed by atoms with Gasteiger partial charge in [-0.25, -0.2) is 0 Å². The first kappa shape index (κ1) is 14.5. The number of rotatable bonds is 8. The average Bonchev–Trinajstić information content (AvgIpc) is 2.95. The number of nitrogens with one attached hydrogen (secondary N) is 2. The molecular weight excluding hydrogens is 260 g/mol. The van der Waals surface area contributed by atoms with E-state index in [1.165, 1.54) is 0 Å². The Kier molecular flexibility index (Phi) is 5.08. The predicted octanol–water partition coefficient (Wildman–Crippen LogP) is 0.494. The summed E-state index contributed by atoms with van der Waals surface area (Å²) in [6.45, 7) is 2.67. The standard InChI is InChI=1S/C12H20N6O2/c1-13-12-15-10-9(8-14-17-10)11(16-12)18(4-6-19-2)5-7-20-3/h8H,4-7H2,1-3H3,(H2,13,14,15,16,17). The second-order valence-corrected chi connectivity index (χ2v) is 4.23. The molecule has 2 rings (SSSR count). The van der Waals surface area contributed by atoms with E-state index in [4.69, 9.17) is 9.47 Å². The van der Waals surface area contributed by atoms with Crippen molar-refractivity contribution in [3.8, 4) is 0 Å². The van der Waals surface area contributed by atoms with Crippen LogP contribution in [0.3, 0.4) is 0 Å². The smallest absolute Gasteiger partial charge is 0.226 e. The van der Waals surface area contributed by atoms with Crippen LogP contribution in [0.1, 0.15) is 0 Å². The average molecular weight is 280 g/mol. The highest BCUT2D eigenvalue weighted by Crippen LogP contribution is 2.23. The van der Waals surface area contributed by atoms with Gasteiger partial charge in [-0.15, -0.1) is 0 Å². The van der Waals surface area contributed by atoms with Gasteiger partial charge in [0.1, 0.15) is 5.82 Å². The molecule has 0 radical (unpaired) electrons. The van der Waals surface area contributed by atoms with Crippen LogP contribution in [0.5, 0.6) is 0 Å². The molecule has 0 aliphatic heterocycles. The van der Waals surface area contributed by atoms with Crippen LogP contribution in [0, 0.1) is 0 Å². The van der Waals surface area contributed by atoms with Crippen LogP contribution in [0.2, 0.25) is 0 Å². The SMILES string of the molecule is CNc1nc(N(CCOC)CCOC)c2cn[nH]c2n1. The van der Waals surface area contributed by atoms with Gasteiger partial charge in [0, 0.05) is 34.4 Å². The molecule has 20 heavy (non-hydrogen) atoms. The molecule has 0 aliphatic carbocycles. The predicted molar refractivity (Wildman–Crippen MR) is 77.2 cm³/mol. The molecule has 8 heteroatoms. The minimum absolute atomic E-state index is 0.552. The van der Waals surface area contributed by atoms with Crippen molar-refractivity contribution in [3.05, 3.63) is 6.20 Å². The molecule has 2 aromatic rings. The summed E-state index contributed by atoms with van der Waals surface area (Å²) in [6.07, 6.45) is 1.73. The topological polar surface area (TPSA) is 88.2 Å². The number of methoxy groups -OCH3 is 2. The fourth-order valence-electron chi connectivity index (χ4n) is 1.90. The lowest BCUT2D eigenvalue weighted by atomic mass is 10.3. The van der Waals surface area contributed by atoms with Gasteiger partial charge in [-0.2, -0.15) is 15.1 Å². The third kappa shape index (κ3) is 3.14. The number of ether oxygens (including phenoxy) is 2. The number of anilines is 2. The maximum Gasteiger partial charge on any atom is 0.226 e. The number of H-pyrrole nitrogens is 1. The maximum atomic E-state index is 5.16. The number of hydrogen-bond donors (Lipinski definition) is 2. The van der Waals surface area contributed by atoms with Crippen LogP contribution in [-0.4, -0.2) is 67.7 Å². The second-order valence-electron chi connectivity index (χ2n) is 4.23. The Morgan fingerprint density at radius 1 is 1.20 bits per heavy atom. The van der Waals surface area contributed by atoms with Crippen LogP contribution in [0.4, 0.5) is 11.8 Å². The molecule has 8 nitrogen and oxygen atoms in total. The highest BCUT2D eigenvalue weighted by Gasteiger charge is 2.15. The summed E-state index contributed by atoms with van der Waals surface area (Å²) < 4.78 is 10.3. The fourth-order valence-corrected chi connectivity index (χ4v) is 1.90. The first-order chi connectivity index (χ1) is 9.80. The second kappa shape index (κ2) is 7.01. The van der Waals surface area contributed by atoms with E-state index in [0.717, 1.165) is 24.3 Å². The summed E-state index contributed by atoms with van der Waals surface area (Å²) in [5.41, 5.74) is 0.708. The number of hydrogen-bond acceptors (Lipinski definition) is 7. The summed E-state index contributed by atoms with van der Waals surface area (Å²) in [5.74, 6) is 1.37. The van der Waals surface area contributed by atoms with Crippen molar-refractivity contribution in [3.63, 3.8) is 0 Å². The van der Waals surface area contributed by atoms with Gasteiger partial charge in [0.15, 0.2) is 5.65 Å². The molecule has 0 aromatic carbocycles. The molecule has 0 atom stereocenters. The summed E-state index contributed by atoms with van der Waals surface area (Å²) in [5, 5.41) is 10.7. The molecule has 0 saturated heterocycles. The lowest BCUT2D eigenvalue weighted by molar-refractivity contribution is 0.190. The van der Waals surface area contributed by atoms with Gasteiger partial charge >= 0.3 is 0 Å². The Labute approximate surface area is 117 Å². The lowest BCUT2D eigenvalue weighted by Gasteiger charge is -2.23. The molecular formula is C12H20N6O2. The molecule has 0 aliphatic rings. The first-order valence-corrected chi connectivity index (χ1v) is 6.41. The van der Waals surface area contributed by atoms with Crippen LogP contribution < -0.4 is 10.2 Å². The van der Waals surface area contributed by atoms with Gasteiger partial charge in [0.2, 0.25) is 5.95 Å². The van der Waals surface area contributed by atoms with Crippen LogP contribution in [0.25, 0.3) is 11.0 Å². The zero-order valence-electron chi connectivity index (χ0n) is 12.0. The first-order valence-electron chi connectivity index (χ1n) is 6.41. The monoisotopic (exact) mass is 280 g/mol. The van der Waals surface area contributed by atoms with E-state index in [1.807, 2.05) is 0 Å². The van der Waals surface area contributed by atoms with Crippen LogP contribution >= 0.6 is 0 Å². The summed E-state index contributed by atoms with van der Waals surface area (Å²) >= 11 is 0. The molecule has 0 bridgehead atoms. The molecule has 2 heterocycles. The molecule has 0 spiro atoms. The zero-order valence-corrected chi connectivity index (χ0v) is 12.0. The third-order valence-electron chi connectivity index (χ3n) is 2.94. The Balaban J connectivity index is 2.36. The van der Waals surface area contributed by atoms with Crippen molar-refractivity contribution in [2.75, 3.05) is 57.8 Å². The Bertz CT molecular complexity index is 536. The molecule has 0 amide bonds. The van der Waals surface area contributed by atoms with Crippen molar-refractivity contribution in [1.29, 1.82) is 0 Å². The summed E-state index contributed by atoms with van der Waals surface area (Å²) in [4.78, 5) is 11.0. The Hall–Kier alpha value is -1.93. The molecule has 0 fully saturated rings. The van der Waals surface area contributed by atoms with E-state index in [-0.39, 0.29) is 0 Å². The van der Waals surface area contributed by atoms with E-state index in [9.17, 15) is 0 Å². The van der Waals surface area contributed by atoms with Gasteiger partial charge in [-0.05, 0) is 0 Å². The normalized spacial score (nSPS) is 10.9. The molecule has 110 valence electrons. The Morgan fingerprint density at radius 3 is 2.50 bits per heavy atom. The minimum atomic E-state index is 0.552. The fraction of sp³-hybridized carbons (Fsp3) is 0.583. The van der Waals surface area contributed by atoms with Crippen molar-refractivity contribution in [2.45, 2.75) is 0 Å². The molecule has 0 saturated carbocycles. The van der Waals surface area contributed by atoms with E-state index in [1.54, 1.807) is 27.5 Å². The van der Waals surface area contributed by atoms with Crippen molar-refractivity contribution in [1.82, 2.24) is 20.2 Å². The third-order valence-corrected chi connectivity index (χ3v) is 2.94. The number of fused-ring (bicyclic) bond motifs is 1. The Morgan fingerprint density at radius 2 is 1.90 bits per heavy atom. The number of aromatic nitrogens is 4. The molecule has 0 unspecified atom stereocenters. The van der Waals surface area contributed by atoms with Gasteiger partial charge in [-0.1, -0.05) is 0 Å². The molecule has 2 aromatic heterocycles. The van der Waals surface area contributed by atoms with Crippen molar-refractivity contribution >= 4 is 22.8 Å². The summed E-state index contributed by atoms with van der Waals surface area (Å²) in [6, 6.07) is 0. The minimum Gasteiger partial charge on any atom is -0.383 e. The van der Waals surface area contributed by atoms with E-state index < -0.39 is 0 Å². The highest BCUT2D eigenvalue weighted by molar-refractivity contribution is 5.87. The quantitative estimate of drug-likeness (QED) is 0.727. The number of nitrogens with zero attached hydrogens (tertiary/aromatic N) is 4. The van der Waals surface area contributed by atoms with Crippen LogP contribution in [-0.2, 0) is 9.47 Å². The number of aromatic amines is 1. The lowest BCUT2D eigenvalue weighted by Crippen LogP contribution is -2.31. The van der Waals surface area contributed by atoms with Gasteiger partial charge in [0.05, 0.1) is 24.8 Å². The largest absolute Gasteiger partial charge is 0.383 e. The van der Waals surface area contributed by atoms with Gasteiger partial charge < -0.3 is 19.7 Å². The zero-order chi connectivity index (χ0) is 14.4. The van der Waals surface area contributed by atoms with Crippen molar-refractivity contribution in [2.24, 2.45) is 0 Å². The van der Waals surface area contributed by atoms with Gasteiger partial charge in [-0.3, -0.25) is 5.10 Å². The van der Waals surface area contributed by atoms with E-state index in [0.29, 0.717) is 24.8 Å². The van der Waals surface area contributed by atoms with Crippen LogP contribution in [0.15, 0.2) is 6.20 Å². The summed E-state index contributed by atoms with van der Waals surface area (Å²) in [7, 11) is 5.15. The van der Waals surface area contributed by atoms with Gasteiger partial charge in [0.25, 0.3) is 0 Å². The highest BCUT2D eigenvalue weighted by atomic mass is 16.5. The van der Waals surface area contributed by atoms with Crippen molar-refractivity contribution < 1.29 is 9.47 Å².